The molecule has 1 aromatic rings. The second kappa shape index (κ2) is 5.71. The summed E-state index contributed by atoms with van der Waals surface area (Å²) in [6, 6.07) is 5.11. The highest BCUT2D eigenvalue weighted by molar-refractivity contribution is 7.85. The first-order valence-corrected chi connectivity index (χ1v) is 7.57. The van der Waals surface area contributed by atoms with Gasteiger partial charge in [-0.3, -0.25) is 4.21 Å². The third-order valence-electron chi connectivity index (χ3n) is 2.96. The zero-order chi connectivity index (χ0) is 13.1. The van der Waals surface area contributed by atoms with E-state index in [-0.39, 0.29) is 16.6 Å². The highest BCUT2D eigenvalue weighted by Crippen LogP contribution is 2.23. The Morgan fingerprint density at radius 2 is 2.06 bits per heavy atom. The van der Waals surface area contributed by atoms with Gasteiger partial charge in [0.25, 0.3) is 0 Å². The summed E-state index contributed by atoms with van der Waals surface area (Å²) in [5.74, 6) is 0.414. The average Bonchev–Trinajstić information content (AvgIpc) is 2.32. The van der Waals surface area contributed by atoms with E-state index in [2.05, 4.69) is 5.32 Å². The summed E-state index contributed by atoms with van der Waals surface area (Å²) < 4.78 is 11.2. The van der Waals surface area contributed by atoms with Crippen LogP contribution in [0.1, 0.15) is 23.2 Å². The van der Waals surface area contributed by atoms with Crippen LogP contribution in [0.25, 0.3) is 0 Å². The van der Waals surface area contributed by atoms with Crippen molar-refractivity contribution in [3.63, 3.8) is 0 Å². The maximum atomic E-state index is 11.2. The van der Waals surface area contributed by atoms with Gasteiger partial charge in [0.1, 0.15) is 0 Å². The number of hydrogen-bond donors (Lipinski definition) is 2. The number of carboxylic acids is 1. The summed E-state index contributed by atoms with van der Waals surface area (Å²) in [6.07, 6.45) is 1.73. The lowest BCUT2D eigenvalue weighted by atomic mass is 10.1. The Balaban J connectivity index is 2.04. The molecule has 1 aliphatic heterocycles. The molecule has 0 unspecified atom stereocenters. The van der Waals surface area contributed by atoms with Crippen molar-refractivity contribution < 1.29 is 14.1 Å². The third-order valence-corrected chi connectivity index (χ3v) is 4.65. The van der Waals surface area contributed by atoms with Gasteiger partial charge in [-0.05, 0) is 31.0 Å². The van der Waals surface area contributed by atoms with E-state index in [1.807, 2.05) is 0 Å². The van der Waals surface area contributed by atoms with Gasteiger partial charge in [0.2, 0.25) is 0 Å². The number of carbonyl (C=O) groups is 1. The third kappa shape index (κ3) is 3.23. The molecule has 1 aromatic carbocycles. The first-order valence-electron chi connectivity index (χ1n) is 5.70. The molecule has 4 nitrogen and oxygen atoms in total. The van der Waals surface area contributed by atoms with Gasteiger partial charge in [-0.2, -0.15) is 0 Å². The molecule has 18 heavy (non-hydrogen) atoms. The minimum atomic E-state index is -1.03. The number of nitrogens with one attached hydrogen (secondary N) is 1. The number of rotatable bonds is 3. The van der Waals surface area contributed by atoms with E-state index in [9.17, 15) is 9.00 Å². The van der Waals surface area contributed by atoms with Crippen molar-refractivity contribution >= 4 is 34.1 Å². The van der Waals surface area contributed by atoms with Gasteiger partial charge in [0, 0.05) is 34.0 Å². The van der Waals surface area contributed by atoms with Gasteiger partial charge < -0.3 is 10.4 Å². The Bertz CT molecular complexity index is 482. The molecule has 98 valence electrons. The second-order valence-electron chi connectivity index (χ2n) is 4.27. The standard InChI is InChI=1S/C12H14ClNO3S/c13-11-7-9(1-2-10(11)12(15)16)14-8-3-5-18(17)6-4-8/h1-2,7-8,14H,3-6H2,(H,15,16). The topological polar surface area (TPSA) is 66.4 Å². The Morgan fingerprint density at radius 3 is 2.61 bits per heavy atom. The van der Waals surface area contributed by atoms with Crippen molar-refractivity contribution in [2.45, 2.75) is 18.9 Å². The van der Waals surface area contributed by atoms with Crippen LogP contribution in [0.4, 0.5) is 5.69 Å². The first kappa shape index (κ1) is 13.4. The second-order valence-corrected chi connectivity index (χ2v) is 6.37. The van der Waals surface area contributed by atoms with Crippen molar-refractivity contribution in [3.05, 3.63) is 28.8 Å². The maximum Gasteiger partial charge on any atom is 0.337 e. The monoisotopic (exact) mass is 287 g/mol. The van der Waals surface area contributed by atoms with E-state index in [4.69, 9.17) is 16.7 Å². The number of hydrogen-bond acceptors (Lipinski definition) is 3. The molecule has 0 radical (unpaired) electrons. The number of benzene rings is 1. The molecule has 0 amide bonds. The van der Waals surface area contributed by atoms with E-state index in [0.29, 0.717) is 0 Å². The summed E-state index contributed by atoms with van der Waals surface area (Å²) in [4.78, 5) is 10.8. The van der Waals surface area contributed by atoms with Crippen LogP contribution in [0, 0.1) is 0 Å². The highest BCUT2D eigenvalue weighted by Gasteiger charge is 2.18. The largest absolute Gasteiger partial charge is 0.478 e. The van der Waals surface area contributed by atoms with Crippen LogP contribution in [0.5, 0.6) is 0 Å². The molecule has 0 spiro atoms. The van der Waals surface area contributed by atoms with Crippen LogP contribution in [-0.4, -0.2) is 32.8 Å². The quantitative estimate of drug-likeness (QED) is 0.896. The Labute approximate surface area is 113 Å². The van der Waals surface area contributed by atoms with E-state index in [0.717, 1.165) is 30.0 Å². The molecular weight excluding hydrogens is 274 g/mol. The predicted molar refractivity (Wildman–Crippen MR) is 72.9 cm³/mol. The van der Waals surface area contributed by atoms with Crippen LogP contribution in [-0.2, 0) is 10.8 Å². The Kier molecular flexibility index (Phi) is 4.24. The predicted octanol–water partition coefficient (Wildman–Crippen LogP) is 2.36. The van der Waals surface area contributed by atoms with E-state index < -0.39 is 16.8 Å². The first-order chi connectivity index (χ1) is 8.56. The van der Waals surface area contributed by atoms with Crippen LogP contribution in [0.3, 0.4) is 0 Å². The zero-order valence-corrected chi connectivity index (χ0v) is 11.3. The number of carboxylic acid groups (broad SMARTS) is 1. The van der Waals surface area contributed by atoms with Crippen LogP contribution in [0.15, 0.2) is 18.2 Å². The molecule has 0 saturated carbocycles. The lowest BCUT2D eigenvalue weighted by Gasteiger charge is -2.23. The van der Waals surface area contributed by atoms with Crippen molar-refractivity contribution in [2.75, 3.05) is 16.8 Å². The molecule has 0 aromatic heterocycles. The summed E-state index contributed by atoms with van der Waals surface area (Å²) in [7, 11) is -0.677. The van der Waals surface area contributed by atoms with E-state index in [1.54, 1.807) is 12.1 Å². The fourth-order valence-electron chi connectivity index (χ4n) is 1.95. The van der Waals surface area contributed by atoms with Crippen molar-refractivity contribution in [1.29, 1.82) is 0 Å². The van der Waals surface area contributed by atoms with Crippen LogP contribution < -0.4 is 5.32 Å². The Morgan fingerprint density at radius 1 is 1.39 bits per heavy atom. The lowest BCUT2D eigenvalue weighted by molar-refractivity contribution is 0.0697. The summed E-state index contributed by atoms with van der Waals surface area (Å²) in [6.45, 7) is 0. The lowest BCUT2D eigenvalue weighted by Crippen LogP contribution is -2.29. The molecule has 0 atom stereocenters. The highest BCUT2D eigenvalue weighted by atomic mass is 35.5. The molecule has 0 bridgehead atoms. The van der Waals surface area contributed by atoms with Crippen LogP contribution >= 0.6 is 11.6 Å². The Hall–Kier alpha value is -1.07. The minimum Gasteiger partial charge on any atom is -0.478 e. The summed E-state index contributed by atoms with van der Waals surface area (Å²) in [5.41, 5.74) is 0.912. The van der Waals surface area contributed by atoms with Gasteiger partial charge in [0.15, 0.2) is 0 Å². The van der Waals surface area contributed by atoms with Crippen LogP contribution in [0.2, 0.25) is 5.02 Å². The molecule has 1 aliphatic rings. The average molecular weight is 288 g/mol. The van der Waals surface area contributed by atoms with Gasteiger partial charge in [-0.1, -0.05) is 11.6 Å². The van der Waals surface area contributed by atoms with Crippen molar-refractivity contribution in [1.82, 2.24) is 0 Å². The number of halogens is 1. The van der Waals surface area contributed by atoms with Crippen molar-refractivity contribution in [3.8, 4) is 0 Å². The molecule has 1 heterocycles. The van der Waals surface area contributed by atoms with E-state index in [1.165, 1.54) is 6.07 Å². The van der Waals surface area contributed by atoms with Gasteiger partial charge >= 0.3 is 5.97 Å². The smallest absolute Gasteiger partial charge is 0.337 e. The SMILES string of the molecule is O=C(O)c1ccc(NC2CCS(=O)CC2)cc1Cl. The van der Waals surface area contributed by atoms with Gasteiger partial charge in [-0.25, -0.2) is 4.79 Å². The number of aromatic carboxylic acids is 1. The normalized spacial score (nSPS) is 23.6. The van der Waals surface area contributed by atoms with E-state index >= 15 is 0 Å². The fraction of sp³-hybridized carbons (Fsp3) is 0.417. The summed E-state index contributed by atoms with van der Waals surface area (Å²) in [5, 5.41) is 12.4. The molecular formula is C12H14ClNO3S. The molecule has 6 heteroatoms. The minimum absolute atomic E-state index is 0.104. The maximum absolute atomic E-state index is 11.2. The summed E-state index contributed by atoms with van der Waals surface area (Å²) >= 11 is 5.90. The fourth-order valence-corrected chi connectivity index (χ4v) is 3.51. The zero-order valence-electron chi connectivity index (χ0n) is 9.69. The molecule has 0 aliphatic carbocycles. The van der Waals surface area contributed by atoms with Crippen molar-refractivity contribution in [2.24, 2.45) is 0 Å². The molecule has 2 N–H and O–H groups in total. The van der Waals surface area contributed by atoms with Gasteiger partial charge in [-0.15, -0.1) is 0 Å². The number of anilines is 1. The van der Waals surface area contributed by atoms with Gasteiger partial charge in [0.05, 0.1) is 10.6 Å². The molecule has 1 fully saturated rings. The molecule has 1 saturated heterocycles. The molecule has 2 rings (SSSR count).